The third-order valence-corrected chi connectivity index (χ3v) is 3.17. The monoisotopic (exact) mass is 259 g/mol. The molecule has 0 aliphatic heterocycles. The van der Waals surface area contributed by atoms with Gasteiger partial charge in [-0.2, -0.15) is 0 Å². The van der Waals surface area contributed by atoms with Crippen molar-refractivity contribution in [2.45, 2.75) is 33.2 Å². The quantitative estimate of drug-likeness (QED) is 0.843. The standard InChI is InChI=1S/C16H21NO2/c1-4-13(3)17(5-2)16(19)15-10-8-14(9-11-15)7-6-12-18/h8-11,13,18H,4-5,12H2,1-3H3. The molecule has 1 amide bonds. The second kappa shape index (κ2) is 7.60. The molecule has 102 valence electrons. The molecule has 0 radical (unpaired) electrons. The first-order valence-corrected chi connectivity index (χ1v) is 6.64. The van der Waals surface area contributed by atoms with Crippen molar-refractivity contribution in [3.05, 3.63) is 35.4 Å². The topological polar surface area (TPSA) is 40.5 Å². The van der Waals surface area contributed by atoms with E-state index in [0.717, 1.165) is 12.0 Å². The maximum Gasteiger partial charge on any atom is 0.254 e. The molecule has 1 rings (SSSR count). The average molecular weight is 259 g/mol. The summed E-state index contributed by atoms with van der Waals surface area (Å²) in [5.74, 6) is 5.45. The molecular weight excluding hydrogens is 238 g/mol. The van der Waals surface area contributed by atoms with Crippen LogP contribution in [0, 0.1) is 11.8 Å². The Morgan fingerprint density at radius 3 is 2.42 bits per heavy atom. The van der Waals surface area contributed by atoms with Crippen molar-refractivity contribution in [1.82, 2.24) is 4.90 Å². The van der Waals surface area contributed by atoms with E-state index in [0.29, 0.717) is 12.1 Å². The molecule has 0 spiro atoms. The smallest absolute Gasteiger partial charge is 0.254 e. The number of hydrogen-bond acceptors (Lipinski definition) is 2. The van der Waals surface area contributed by atoms with Crippen LogP contribution in [0.2, 0.25) is 0 Å². The number of nitrogens with zero attached hydrogens (tertiary/aromatic N) is 1. The van der Waals surface area contributed by atoms with E-state index in [1.54, 1.807) is 24.3 Å². The van der Waals surface area contributed by atoms with Crippen LogP contribution in [0.5, 0.6) is 0 Å². The Morgan fingerprint density at radius 2 is 1.95 bits per heavy atom. The van der Waals surface area contributed by atoms with Crippen LogP contribution >= 0.6 is 0 Å². The Hall–Kier alpha value is -1.79. The van der Waals surface area contributed by atoms with Gasteiger partial charge in [-0.25, -0.2) is 0 Å². The van der Waals surface area contributed by atoms with Gasteiger partial charge >= 0.3 is 0 Å². The van der Waals surface area contributed by atoms with Gasteiger partial charge in [-0.15, -0.1) is 0 Å². The normalized spacial score (nSPS) is 11.4. The predicted octanol–water partition coefficient (Wildman–Crippen LogP) is 2.29. The average Bonchev–Trinajstić information content (AvgIpc) is 2.46. The zero-order valence-electron chi connectivity index (χ0n) is 11.8. The molecule has 0 saturated heterocycles. The van der Waals surface area contributed by atoms with Crippen molar-refractivity contribution in [2.75, 3.05) is 13.2 Å². The largest absolute Gasteiger partial charge is 0.384 e. The van der Waals surface area contributed by atoms with Crippen LogP contribution in [0.1, 0.15) is 43.1 Å². The minimum Gasteiger partial charge on any atom is -0.384 e. The van der Waals surface area contributed by atoms with Gasteiger partial charge in [0.05, 0.1) is 0 Å². The Bertz CT molecular complexity index is 468. The lowest BCUT2D eigenvalue weighted by atomic mass is 10.1. The minimum absolute atomic E-state index is 0.0542. The van der Waals surface area contributed by atoms with Gasteiger partial charge in [0.1, 0.15) is 6.61 Å². The van der Waals surface area contributed by atoms with Gasteiger partial charge in [-0.1, -0.05) is 18.8 Å². The molecule has 0 fully saturated rings. The number of carbonyl (C=O) groups excluding carboxylic acids is 1. The highest BCUT2D eigenvalue weighted by Gasteiger charge is 2.18. The lowest BCUT2D eigenvalue weighted by molar-refractivity contribution is 0.0700. The third kappa shape index (κ3) is 4.11. The van der Waals surface area contributed by atoms with Gasteiger partial charge in [0.15, 0.2) is 0 Å². The molecular formula is C16H21NO2. The van der Waals surface area contributed by atoms with Crippen LogP contribution in [-0.4, -0.2) is 35.1 Å². The predicted molar refractivity (Wildman–Crippen MR) is 76.9 cm³/mol. The molecule has 0 aliphatic carbocycles. The van der Waals surface area contributed by atoms with Crippen LogP contribution in [-0.2, 0) is 0 Å². The van der Waals surface area contributed by atoms with Crippen molar-refractivity contribution in [3.63, 3.8) is 0 Å². The van der Waals surface area contributed by atoms with E-state index in [2.05, 4.69) is 25.7 Å². The summed E-state index contributed by atoms with van der Waals surface area (Å²) in [7, 11) is 0. The summed E-state index contributed by atoms with van der Waals surface area (Å²) >= 11 is 0. The van der Waals surface area contributed by atoms with Crippen LogP contribution in [0.4, 0.5) is 0 Å². The first-order chi connectivity index (χ1) is 9.13. The van der Waals surface area contributed by atoms with Gasteiger partial charge in [-0.3, -0.25) is 4.79 Å². The van der Waals surface area contributed by atoms with Gasteiger partial charge in [0.25, 0.3) is 5.91 Å². The molecule has 1 N–H and O–H groups in total. The van der Waals surface area contributed by atoms with Crippen LogP contribution in [0.15, 0.2) is 24.3 Å². The zero-order chi connectivity index (χ0) is 14.3. The zero-order valence-corrected chi connectivity index (χ0v) is 11.8. The summed E-state index contributed by atoms with van der Waals surface area (Å²) < 4.78 is 0. The van der Waals surface area contributed by atoms with Crippen molar-refractivity contribution in [1.29, 1.82) is 0 Å². The highest BCUT2D eigenvalue weighted by atomic mass is 16.2. The number of amides is 1. The molecule has 3 nitrogen and oxygen atoms in total. The second-order valence-corrected chi connectivity index (χ2v) is 4.39. The molecule has 1 aromatic rings. The summed E-state index contributed by atoms with van der Waals surface area (Å²) in [6, 6.07) is 7.43. The molecule has 19 heavy (non-hydrogen) atoms. The molecule has 0 aromatic heterocycles. The molecule has 1 atom stereocenters. The van der Waals surface area contributed by atoms with Gasteiger partial charge < -0.3 is 10.0 Å². The van der Waals surface area contributed by atoms with Gasteiger partial charge in [0.2, 0.25) is 0 Å². The number of aliphatic hydroxyl groups is 1. The molecule has 0 bridgehead atoms. The highest BCUT2D eigenvalue weighted by molar-refractivity contribution is 5.94. The lowest BCUT2D eigenvalue weighted by Crippen LogP contribution is -2.38. The van der Waals surface area contributed by atoms with E-state index >= 15 is 0 Å². The molecule has 1 aromatic carbocycles. The molecule has 0 saturated carbocycles. The maximum absolute atomic E-state index is 12.4. The van der Waals surface area contributed by atoms with E-state index in [9.17, 15) is 4.79 Å². The SMILES string of the molecule is CCC(C)N(CC)C(=O)c1ccc(C#CCO)cc1. The Kier molecular flexibility index (Phi) is 6.11. The van der Waals surface area contributed by atoms with Crippen molar-refractivity contribution in [2.24, 2.45) is 0 Å². The molecule has 0 heterocycles. The molecule has 3 heteroatoms. The number of benzene rings is 1. The van der Waals surface area contributed by atoms with Crippen LogP contribution in [0.3, 0.4) is 0 Å². The summed E-state index contributed by atoms with van der Waals surface area (Å²) in [6.45, 7) is 6.68. The fourth-order valence-electron chi connectivity index (χ4n) is 1.88. The summed E-state index contributed by atoms with van der Waals surface area (Å²) in [4.78, 5) is 14.2. The second-order valence-electron chi connectivity index (χ2n) is 4.39. The van der Waals surface area contributed by atoms with Crippen molar-refractivity contribution >= 4 is 5.91 Å². The minimum atomic E-state index is -0.154. The van der Waals surface area contributed by atoms with Crippen LogP contribution in [0.25, 0.3) is 0 Å². The highest BCUT2D eigenvalue weighted by Crippen LogP contribution is 2.11. The number of carbonyl (C=O) groups is 1. The van der Waals surface area contributed by atoms with E-state index in [1.165, 1.54) is 0 Å². The number of aliphatic hydroxyl groups excluding tert-OH is 1. The third-order valence-electron chi connectivity index (χ3n) is 3.17. The van der Waals surface area contributed by atoms with Crippen molar-refractivity contribution < 1.29 is 9.90 Å². The first-order valence-electron chi connectivity index (χ1n) is 6.64. The van der Waals surface area contributed by atoms with E-state index < -0.39 is 0 Å². The lowest BCUT2D eigenvalue weighted by Gasteiger charge is -2.27. The Labute approximate surface area is 115 Å². The molecule has 1 unspecified atom stereocenters. The Balaban J connectivity index is 2.87. The number of hydrogen-bond donors (Lipinski definition) is 1. The fraction of sp³-hybridized carbons (Fsp3) is 0.438. The fourth-order valence-corrected chi connectivity index (χ4v) is 1.88. The van der Waals surface area contributed by atoms with E-state index in [-0.39, 0.29) is 18.6 Å². The summed E-state index contributed by atoms with van der Waals surface area (Å²) in [6.07, 6.45) is 0.944. The van der Waals surface area contributed by atoms with Gasteiger partial charge in [0, 0.05) is 23.7 Å². The molecule has 0 aliphatic rings. The first kappa shape index (κ1) is 15.3. The summed E-state index contributed by atoms with van der Waals surface area (Å²) in [5.41, 5.74) is 1.48. The Morgan fingerprint density at radius 1 is 1.32 bits per heavy atom. The number of rotatable bonds is 4. The van der Waals surface area contributed by atoms with Crippen molar-refractivity contribution in [3.8, 4) is 11.8 Å². The van der Waals surface area contributed by atoms with E-state index in [1.807, 2.05) is 11.8 Å². The maximum atomic E-state index is 12.4. The van der Waals surface area contributed by atoms with E-state index in [4.69, 9.17) is 5.11 Å². The van der Waals surface area contributed by atoms with Crippen LogP contribution < -0.4 is 0 Å². The van der Waals surface area contributed by atoms with Gasteiger partial charge in [-0.05, 0) is 44.5 Å². The summed E-state index contributed by atoms with van der Waals surface area (Å²) in [5, 5.41) is 8.63.